The molecule has 0 radical (unpaired) electrons. The van der Waals surface area contributed by atoms with Crippen molar-refractivity contribution < 1.29 is 14.3 Å². The Labute approximate surface area is 124 Å². The Kier molecular flexibility index (Phi) is 4.36. The van der Waals surface area contributed by atoms with Gasteiger partial charge >= 0.3 is 5.97 Å². The molecule has 0 saturated heterocycles. The Morgan fingerprint density at radius 1 is 1.30 bits per heavy atom. The van der Waals surface area contributed by atoms with Crippen LogP contribution in [0.4, 0.5) is 10.8 Å². The first-order valence-electron chi connectivity index (χ1n) is 5.64. The molecule has 5 nitrogen and oxygen atoms in total. The van der Waals surface area contributed by atoms with E-state index in [4.69, 9.17) is 11.6 Å². The van der Waals surface area contributed by atoms with E-state index < -0.39 is 5.97 Å². The molecule has 20 heavy (non-hydrogen) atoms. The first kappa shape index (κ1) is 14.5. The standard InChI is InChI=1S/C13H11ClN2O3S/c1-7(17)11-10(12(18)19-2)16-13(20-11)15-9-5-3-8(14)4-6-9/h3-6H,1-2H3,(H,15,16). The molecule has 0 bridgehead atoms. The summed E-state index contributed by atoms with van der Waals surface area (Å²) in [5.74, 6) is -0.859. The maximum atomic E-state index is 11.6. The van der Waals surface area contributed by atoms with Crippen molar-refractivity contribution in [1.29, 1.82) is 0 Å². The normalized spacial score (nSPS) is 10.2. The van der Waals surface area contributed by atoms with E-state index in [1.807, 2.05) is 0 Å². The lowest BCUT2D eigenvalue weighted by molar-refractivity contribution is 0.0591. The second-order valence-electron chi connectivity index (χ2n) is 3.88. The maximum Gasteiger partial charge on any atom is 0.358 e. The van der Waals surface area contributed by atoms with Gasteiger partial charge in [-0.3, -0.25) is 4.79 Å². The van der Waals surface area contributed by atoms with Crippen molar-refractivity contribution in [3.8, 4) is 0 Å². The number of aromatic nitrogens is 1. The zero-order chi connectivity index (χ0) is 14.7. The second kappa shape index (κ2) is 6.02. The van der Waals surface area contributed by atoms with Crippen LogP contribution >= 0.6 is 22.9 Å². The number of benzene rings is 1. The molecular weight excluding hydrogens is 300 g/mol. The minimum Gasteiger partial charge on any atom is -0.464 e. The van der Waals surface area contributed by atoms with Gasteiger partial charge < -0.3 is 10.1 Å². The average molecular weight is 311 g/mol. The number of ether oxygens (including phenoxy) is 1. The Morgan fingerprint density at radius 2 is 1.95 bits per heavy atom. The zero-order valence-electron chi connectivity index (χ0n) is 10.8. The van der Waals surface area contributed by atoms with E-state index in [1.165, 1.54) is 14.0 Å². The molecule has 0 spiro atoms. The predicted octanol–water partition coefficient (Wildman–Crippen LogP) is 3.53. The van der Waals surface area contributed by atoms with E-state index in [1.54, 1.807) is 24.3 Å². The molecular formula is C13H11ClN2O3S. The molecule has 2 aromatic rings. The van der Waals surface area contributed by atoms with Gasteiger partial charge in [0.05, 0.1) is 7.11 Å². The van der Waals surface area contributed by atoms with Gasteiger partial charge in [-0.25, -0.2) is 9.78 Å². The van der Waals surface area contributed by atoms with E-state index >= 15 is 0 Å². The highest BCUT2D eigenvalue weighted by molar-refractivity contribution is 7.17. The molecule has 0 aliphatic heterocycles. The van der Waals surface area contributed by atoms with Crippen molar-refractivity contribution in [2.24, 2.45) is 0 Å². The van der Waals surface area contributed by atoms with Crippen LogP contribution < -0.4 is 5.32 Å². The fraction of sp³-hybridized carbons (Fsp3) is 0.154. The Morgan fingerprint density at radius 3 is 2.50 bits per heavy atom. The average Bonchev–Trinajstić information content (AvgIpc) is 2.84. The van der Waals surface area contributed by atoms with Crippen molar-refractivity contribution in [3.63, 3.8) is 0 Å². The molecule has 0 atom stereocenters. The van der Waals surface area contributed by atoms with E-state index in [2.05, 4.69) is 15.0 Å². The van der Waals surface area contributed by atoms with Crippen LogP contribution in [0.15, 0.2) is 24.3 Å². The maximum absolute atomic E-state index is 11.6. The number of carbonyl (C=O) groups is 2. The number of carbonyl (C=O) groups excluding carboxylic acids is 2. The Balaban J connectivity index is 2.31. The number of rotatable bonds is 4. The summed E-state index contributed by atoms with van der Waals surface area (Å²) in [6.07, 6.45) is 0. The number of esters is 1. The third kappa shape index (κ3) is 3.15. The van der Waals surface area contributed by atoms with Gasteiger partial charge in [0.15, 0.2) is 16.6 Å². The molecule has 0 aliphatic rings. The fourth-order valence-corrected chi connectivity index (χ4v) is 2.50. The van der Waals surface area contributed by atoms with Crippen LogP contribution in [-0.4, -0.2) is 23.8 Å². The number of thiazole rings is 1. The van der Waals surface area contributed by atoms with Gasteiger partial charge in [-0.2, -0.15) is 0 Å². The number of Topliss-reactive ketones (excluding diaryl/α,β-unsaturated/α-hetero) is 1. The number of ketones is 1. The van der Waals surface area contributed by atoms with Crippen molar-refractivity contribution in [3.05, 3.63) is 39.9 Å². The van der Waals surface area contributed by atoms with E-state index in [-0.39, 0.29) is 16.4 Å². The molecule has 0 saturated carbocycles. The summed E-state index contributed by atoms with van der Waals surface area (Å²) in [6.45, 7) is 1.38. The molecule has 1 N–H and O–H groups in total. The highest BCUT2D eigenvalue weighted by atomic mass is 35.5. The van der Waals surface area contributed by atoms with Crippen LogP contribution in [-0.2, 0) is 4.74 Å². The van der Waals surface area contributed by atoms with Crippen LogP contribution in [0, 0.1) is 0 Å². The number of halogens is 1. The van der Waals surface area contributed by atoms with Gasteiger partial charge in [0.2, 0.25) is 0 Å². The largest absolute Gasteiger partial charge is 0.464 e. The number of hydrogen-bond acceptors (Lipinski definition) is 6. The minimum absolute atomic E-state index is 0.0291. The Bertz CT molecular complexity index is 652. The van der Waals surface area contributed by atoms with Crippen molar-refractivity contribution >= 4 is 45.5 Å². The summed E-state index contributed by atoms with van der Waals surface area (Å²) < 4.78 is 4.61. The summed E-state index contributed by atoms with van der Waals surface area (Å²) in [5.41, 5.74) is 0.788. The van der Waals surface area contributed by atoms with Gasteiger partial charge in [0.25, 0.3) is 0 Å². The van der Waals surface area contributed by atoms with Gasteiger partial charge in [0.1, 0.15) is 4.88 Å². The smallest absolute Gasteiger partial charge is 0.358 e. The minimum atomic E-state index is -0.629. The highest BCUT2D eigenvalue weighted by Gasteiger charge is 2.21. The second-order valence-corrected chi connectivity index (χ2v) is 5.31. The summed E-state index contributed by atoms with van der Waals surface area (Å²) >= 11 is 6.90. The number of methoxy groups -OCH3 is 1. The van der Waals surface area contributed by atoms with Gasteiger partial charge in [-0.15, -0.1) is 0 Å². The van der Waals surface area contributed by atoms with Crippen molar-refractivity contribution in [2.75, 3.05) is 12.4 Å². The third-order valence-corrected chi connectivity index (χ3v) is 3.74. The fourth-order valence-electron chi connectivity index (χ4n) is 1.50. The summed E-state index contributed by atoms with van der Waals surface area (Å²) in [6, 6.07) is 7.00. The molecule has 1 heterocycles. The molecule has 1 aromatic heterocycles. The molecule has 0 amide bonds. The van der Waals surface area contributed by atoms with Crippen LogP contribution in [0.3, 0.4) is 0 Å². The zero-order valence-corrected chi connectivity index (χ0v) is 12.3. The highest BCUT2D eigenvalue weighted by Crippen LogP contribution is 2.27. The molecule has 7 heteroatoms. The topological polar surface area (TPSA) is 68.3 Å². The van der Waals surface area contributed by atoms with Crippen LogP contribution in [0.2, 0.25) is 5.02 Å². The first-order chi connectivity index (χ1) is 9.51. The third-order valence-electron chi connectivity index (χ3n) is 2.42. The van der Waals surface area contributed by atoms with Crippen LogP contribution in [0.25, 0.3) is 0 Å². The molecule has 0 unspecified atom stereocenters. The number of nitrogens with one attached hydrogen (secondary N) is 1. The SMILES string of the molecule is COC(=O)c1nc(Nc2ccc(Cl)cc2)sc1C(C)=O. The van der Waals surface area contributed by atoms with E-state index in [9.17, 15) is 9.59 Å². The first-order valence-corrected chi connectivity index (χ1v) is 6.83. The van der Waals surface area contributed by atoms with Crippen molar-refractivity contribution in [2.45, 2.75) is 6.92 Å². The quantitative estimate of drug-likeness (QED) is 0.691. The van der Waals surface area contributed by atoms with Gasteiger partial charge in [-0.05, 0) is 24.3 Å². The monoisotopic (exact) mass is 310 g/mol. The van der Waals surface area contributed by atoms with Crippen LogP contribution in [0.1, 0.15) is 27.1 Å². The lowest BCUT2D eigenvalue weighted by Gasteiger charge is -2.01. The van der Waals surface area contributed by atoms with Gasteiger partial charge in [0, 0.05) is 17.6 Å². The number of anilines is 2. The van der Waals surface area contributed by atoms with Gasteiger partial charge in [-0.1, -0.05) is 22.9 Å². The summed E-state index contributed by atoms with van der Waals surface area (Å²) in [4.78, 5) is 27.5. The van der Waals surface area contributed by atoms with Crippen molar-refractivity contribution in [1.82, 2.24) is 4.98 Å². The predicted molar refractivity (Wildman–Crippen MR) is 78.2 cm³/mol. The molecule has 104 valence electrons. The summed E-state index contributed by atoms with van der Waals surface area (Å²) in [7, 11) is 1.25. The lowest BCUT2D eigenvalue weighted by atomic mass is 10.3. The van der Waals surface area contributed by atoms with Crippen LogP contribution in [0.5, 0.6) is 0 Å². The van der Waals surface area contributed by atoms with E-state index in [0.717, 1.165) is 17.0 Å². The molecule has 1 aromatic carbocycles. The molecule has 0 aliphatic carbocycles. The molecule has 2 rings (SSSR count). The summed E-state index contributed by atoms with van der Waals surface area (Å²) in [5, 5.41) is 4.08. The number of nitrogens with zero attached hydrogens (tertiary/aromatic N) is 1. The number of hydrogen-bond donors (Lipinski definition) is 1. The lowest BCUT2D eigenvalue weighted by Crippen LogP contribution is -2.07. The Hall–Kier alpha value is -1.92. The molecule has 0 fully saturated rings. The van der Waals surface area contributed by atoms with E-state index in [0.29, 0.717) is 10.2 Å².